The van der Waals surface area contributed by atoms with Crippen LogP contribution >= 0.6 is 46.4 Å². The number of benzene rings is 2. The molecule has 2 aromatic rings. The van der Waals surface area contributed by atoms with Crippen LogP contribution in [0, 0.1) is 0 Å². The second-order valence-electron chi connectivity index (χ2n) is 5.60. The van der Waals surface area contributed by atoms with Crippen LogP contribution in [0.25, 0.3) is 0 Å². The lowest BCUT2D eigenvalue weighted by atomic mass is 10.2. The summed E-state index contributed by atoms with van der Waals surface area (Å²) >= 11 is 24.1. The smallest absolute Gasteiger partial charge is 0.322 e. The molecule has 25 heavy (non-hydrogen) atoms. The van der Waals surface area contributed by atoms with Crippen molar-refractivity contribution in [3.05, 3.63) is 56.5 Å². The number of urea groups is 1. The lowest BCUT2D eigenvalue weighted by Gasteiger charge is -2.36. The fourth-order valence-electron chi connectivity index (χ4n) is 2.64. The number of halogens is 4. The van der Waals surface area contributed by atoms with Crippen LogP contribution in [0.2, 0.25) is 20.1 Å². The van der Waals surface area contributed by atoms with E-state index in [2.05, 4.69) is 10.2 Å². The Morgan fingerprint density at radius 2 is 1.60 bits per heavy atom. The van der Waals surface area contributed by atoms with E-state index in [9.17, 15) is 4.79 Å². The monoisotopic (exact) mass is 417 g/mol. The number of carbonyl (C=O) groups excluding carboxylic acids is 1. The molecule has 1 aliphatic heterocycles. The molecule has 132 valence electrons. The molecule has 0 saturated carbocycles. The van der Waals surface area contributed by atoms with Crippen LogP contribution in [-0.4, -0.2) is 37.1 Å². The molecule has 1 N–H and O–H groups in total. The van der Waals surface area contributed by atoms with Gasteiger partial charge in [-0.25, -0.2) is 4.79 Å². The summed E-state index contributed by atoms with van der Waals surface area (Å²) in [6.45, 7) is 2.58. The number of carbonyl (C=O) groups is 1. The maximum atomic E-state index is 12.4. The molecule has 8 heteroatoms. The van der Waals surface area contributed by atoms with Crippen molar-refractivity contribution in [2.45, 2.75) is 0 Å². The zero-order valence-corrected chi connectivity index (χ0v) is 16.1. The van der Waals surface area contributed by atoms with Crippen molar-refractivity contribution in [3.8, 4) is 0 Å². The van der Waals surface area contributed by atoms with Gasteiger partial charge in [0.1, 0.15) is 0 Å². The normalized spacial score (nSPS) is 14.6. The summed E-state index contributed by atoms with van der Waals surface area (Å²) in [5.41, 5.74) is 1.50. The summed E-state index contributed by atoms with van der Waals surface area (Å²) in [5, 5.41) is 4.60. The van der Waals surface area contributed by atoms with Crippen molar-refractivity contribution in [3.63, 3.8) is 0 Å². The second kappa shape index (κ2) is 7.92. The minimum absolute atomic E-state index is 0.196. The Balaban J connectivity index is 1.60. The summed E-state index contributed by atoms with van der Waals surface area (Å²) in [6.07, 6.45) is 0. The van der Waals surface area contributed by atoms with E-state index in [1.807, 2.05) is 12.1 Å². The molecule has 1 saturated heterocycles. The highest BCUT2D eigenvalue weighted by Gasteiger charge is 2.22. The van der Waals surface area contributed by atoms with Crippen LogP contribution in [-0.2, 0) is 0 Å². The van der Waals surface area contributed by atoms with Gasteiger partial charge in [0.05, 0.1) is 25.8 Å². The molecule has 0 aliphatic carbocycles. The molecule has 1 aliphatic rings. The average molecular weight is 419 g/mol. The van der Waals surface area contributed by atoms with E-state index in [4.69, 9.17) is 46.4 Å². The van der Waals surface area contributed by atoms with Gasteiger partial charge in [-0.3, -0.25) is 0 Å². The zero-order chi connectivity index (χ0) is 18.0. The third-order valence-corrected chi connectivity index (χ3v) is 5.59. The van der Waals surface area contributed by atoms with Crippen LogP contribution in [0.15, 0.2) is 36.4 Å². The Kier molecular flexibility index (Phi) is 5.85. The standard InChI is InChI=1S/C17H15Cl4N3O/c18-12-5-4-11(10-14(12)20)23-6-8-24(9-7-23)17(25)22-15-3-1-2-13(19)16(15)21/h1-5,10H,6-9H2,(H,22,25). The van der Waals surface area contributed by atoms with Gasteiger partial charge in [-0.2, -0.15) is 0 Å². The average Bonchev–Trinajstić information content (AvgIpc) is 2.61. The Bertz CT molecular complexity index is 791. The van der Waals surface area contributed by atoms with Crippen molar-refractivity contribution >= 4 is 63.8 Å². The van der Waals surface area contributed by atoms with Crippen molar-refractivity contribution in [1.29, 1.82) is 0 Å². The number of hydrogen-bond acceptors (Lipinski definition) is 2. The van der Waals surface area contributed by atoms with Crippen molar-refractivity contribution in [2.24, 2.45) is 0 Å². The van der Waals surface area contributed by atoms with Gasteiger partial charge in [0.15, 0.2) is 0 Å². The molecule has 0 radical (unpaired) electrons. The number of nitrogens with zero attached hydrogens (tertiary/aromatic N) is 2. The molecule has 0 bridgehead atoms. The van der Waals surface area contributed by atoms with Gasteiger partial charge in [-0.15, -0.1) is 0 Å². The van der Waals surface area contributed by atoms with Gasteiger partial charge in [0.2, 0.25) is 0 Å². The molecule has 2 amide bonds. The number of piperazine rings is 1. The quantitative estimate of drug-likeness (QED) is 0.683. The van der Waals surface area contributed by atoms with E-state index in [0.717, 1.165) is 5.69 Å². The Morgan fingerprint density at radius 1 is 0.880 bits per heavy atom. The second-order valence-corrected chi connectivity index (χ2v) is 7.20. The lowest BCUT2D eigenvalue weighted by molar-refractivity contribution is 0.208. The Morgan fingerprint density at radius 3 is 2.28 bits per heavy atom. The first kappa shape index (κ1) is 18.5. The fourth-order valence-corrected chi connectivity index (χ4v) is 3.28. The van der Waals surface area contributed by atoms with E-state index >= 15 is 0 Å². The van der Waals surface area contributed by atoms with E-state index in [1.54, 1.807) is 29.2 Å². The number of hydrogen-bond donors (Lipinski definition) is 1. The predicted octanol–water partition coefficient (Wildman–Crippen LogP) is 5.65. The molecule has 1 heterocycles. The SMILES string of the molecule is O=C(Nc1cccc(Cl)c1Cl)N1CCN(c2ccc(Cl)c(Cl)c2)CC1. The molecule has 2 aromatic carbocycles. The first-order valence-corrected chi connectivity index (χ1v) is 9.17. The molecular weight excluding hydrogens is 404 g/mol. The summed E-state index contributed by atoms with van der Waals surface area (Å²) in [4.78, 5) is 16.3. The van der Waals surface area contributed by atoms with Crippen molar-refractivity contribution in [2.75, 3.05) is 36.4 Å². The molecule has 0 unspecified atom stereocenters. The highest BCUT2D eigenvalue weighted by Crippen LogP contribution is 2.30. The number of rotatable bonds is 2. The van der Waals surface area contributed by atoms with Crippen molar-refractivity contribution < 1.29 is 4.79 Å². The molecule has 3 rings (SSSR count). The van der Waals surface area contributed by atoms with Crippen LogP contribution in [0.5, 0.6) is 0 Å². The van der Waals surface area contributed by atoms with E-state index in [-0.39, 0.29) is 6.03 Å². The summed E-state index contributed by atoms with van der Waals surface area (Å²) in [5.74, 6) is 0. The predicted molar refractivity (Wildman–Crippen MR) is 106 cm³/mol. The topological polar surface area (TPSA) is 35.6 Å². The minimum Gasteiger partial charge on any atom is -0.368 e. The number of amides is 2. The maximum Gasteiger partial charge on any atom is 0.322 e. The van der Waals surface area contributed by atoms with Gasteiger partial charge in [-0.1, -0.05) is 52.5 Å². The Labute approximate surface area is 166 Å². The summed E-state index contributed by atoms with van der Waals surface area (Å²) in [6, 6.07) is 10.5. The molecule has 0 atom stereocenters. The first-order valence-electron chi connectivity index (χ1n) is 7.65. The third-order valence-electron chi connectivity index (χ3n) is 4.03. The van der Waals surface area contributed by atoms with Crippen LogP contribution < -0.4 is 10.2 Å². The van der Waals surface area contributed by atoms with E-state index < -0.39 is 0 Å². The highest BCUT2D eigenvalue weighted by atomic mass is 35.5. The molecule has 0 aromatic heterocycles. The first-order chi connectivity index (χ1) is 12.0. The summed E-state index contributed by atoms with van der Waals surface area (Å²) in [7, 11) is 0. The molecule has 1 fully saturated rings. The van der Waals surface area contributed by atoms with Gasteiger partial charge in [0, 0.05) is 31.9 Å². The van der Waals surface area contributed by atoms with Gasteiger partial charge in [-0.05, 0) is 30.3 Å². The Hall–Kier alpha value is -1.33. The van der Waals surface area contributed by atoms with Gasteiger partial charge >= 0.3 is 6.03 Å². The number of anilines is 2. The third kappa shape index (κ3) is 4.26. The minimum atomic E-state index is -0.196. The largest absolute Gasteiger partial charge is 0.368 e. The summed E-state index contributed by atoms with van der Waals surface area (Å²) < 4.78 is 0. The highest BCUT2D eigenvalue weighted by molar-refractivity contribution is 6.44. The molecule has 4 nitrogen and oxygen atoms in total. The lowest BCUT2D eigenvalue weighted by Crippen LogP contribution is -2.50. The van der Waals surface area contributed by atoms with Crippen molar-refractivity contribution in [1.82, 2.24) is 4.90 Å². The van der Waals surface area contributed by atoms with Crippen LogP contribution in [0.3, 0.4) is 0 Å². The van der Waals surface area contributed by atoms with E-state index in [1.165, 1.54) is 0 Å². The van der Waals surface area contributed by atoms with Crippen LogP contribution in [0.4, 0.5) is 16.2 Å². The zero-order valence-electron chi connectivity index (χ0n) is 13.1. The molecular formula is C17H15Cl4N3O. The van der Waals surface area contributed by atoms with E-state index in [0.29, 0.717) is 52.0 Å². The maximum absolute atomic E-state index is 12.4. The van der Waals surface area contributed by atoms with Crippen LogP contribution in [0.1, 0.15) is 0 Å². The molecule has 0 spiro atoms. The number of nitrogens with one attached hydrogen (secondary N) is 1. The fraction of sp³-hybridized carbons (Fsp3) is 0.235. The van der Waals surface area contributed by atoms with Gasteiger partial charge < -0.3 is 15.1 Å². The van der Waals surface area contributed by atoms with Gasteiger partial charge in [0.25, 0.3) is 0 Å².